The molecule has 2 heterocycles. The van der Waals surface area contributed by atoms with Gasteiger partial charge in [-0.25, -0.2) is 4.98 Å². The average Bonchev–Trinajstić information content (AvgIpc) is 3.15. The summed E-state index contributed by atoms with van der Waals surface area (Å²) in [7, 11) is 0. The predicted octanol–water partition coefficient (Wildman–Crippen LogP) is 4.77. The van der Waals surface area contributed by atoms with Gasteiger partial charge in [-0.05, 0) is 31.2 Å². The third kappa shape index (κ3) is 4.71. The minimum atomic E-state index is -0.0512. The van der Waals surface area contributed by atoms with E-state index in [0.29, 0.717) is 18.0 Å². The van der Waals surface area contributed by atoms with E-state index in [1.807, 2.05) is 49.4 Å². The van der Waals surface area contributed by atoms with Crippen LogP contribution in [-0.2, 0) is 11.2 Å². The van der Waals surface area contributed by atoms with Crippen molar-refractivity contribution in [3.8, 4) is 0 Å². The van der Waals surface area contributed by atoms with Crippen molar-refractivity contribution in [3.63, 3.8) is 0 Å². The van der Waals surface area contributed by atoms with Gasteiger partial charge >= 0.3 is 0 Å². The van der Waals surface area contributed by atoms with Gasteiger partial charge in [0.25, 0.3) is 0 Å². The monoisotopic (exact) mass is 344 g/mol. The molecule has 0 atom stereocenters. The average molecular weight is 344 g/mol. The second kappa shape index (κ2) is 7.48. The highest BCUT2D eigenvalue weighted by Crippen LogP contribution is 2.33. The Hall–Kier alpha value is -2.05. The van der Waals surface area contributed by atoms with Crippen molar-refractivity contribution in [2.75, 3.05) is 5.32 Å². The van der Waals surface area contributed by atoms with E-state index < -0.39 is 0 Å². The standard InChI is InChI=1S/C17H16N2O2S2/c1-12-7-8-13(21-12)9-10-15(20)19-17-18-11-16(23-17)22-14-5-3-2-4-6-14/h2-8,11H,9-10H2,1H3,(H,18,19,20). The van der Waals surface area contributed by atoms with Gasteiger partial charge in [-0.1, -0.05) is 41.3 Å². The number of anilines is 1. The first-order valence-corrected chi connectivity index (χ1v) is 8.86. The Morgan fingerprint density at radius 3 is 2.83 bits per heavy atom. The number of benzene rings is 1. The number of amides is 1. The van der Waals surface area contributed by atoms with Crippen LogP contribution in [0, 0.1) is 6.92 Å². The van der Waals surface area contributed by atoms with E-state index in [1.54, 1.807) is 18.0 Å². The highest BCUT2D eigenvalue weighted by atomic mass is 32.2. The van der Waals surface area contributed by atoms with Crippen LogP contribution in [0.2, 0.25) is 0 Å². The third-order valence-electron chi connectivity index (χ3n) is 3.09. The Bertz CT molecular complexity index is 781. The minimum Gasteiger partial charge on any atom is -0.466 e. The number of carbonyl (C=O) groups is 1. The maximum Gasteiger partial charge on any atom is 0.226 e. The first-order chi connectivity index (χ1) is 11.2. The number of hydrogen-bond donors (Lipinski definition) is 1. The van der Waals surface area contributed by atoms with Crippen LogP contribution in [0.1, 0.15) is 17.9 Å². The number of nitrogens with one attached hydrogen (secondary N) is 1. The molecule has 2 aromatic heterocycles. The smallest absolute Gasteiger partial charge is 0.226 e. The summed E-state index contributed by atoms with van der Waals surface area (Å²) >= 11 is 3.12. The molecule has 6 heteroatoms. The molecule has 3 rings (SSSR count). The molecule has 23 heavy (non-hydrogen) atoms. The summed E-state index contributed by atoms with van der Waals surface area (Å²) in [6.07, 6.45) is 2.76. The molecule has 0 bridgehead atoms. The van der Waals surface area contributed by atoms with Gasteiger partial charge in [-0.15, -0.1) is 0 Å². The SMILES string of the molecule is Cc1ccc(CCC(=O)Nc2ncc(Sc3ccccc3)s2)o1. The van der Waals surface area contributed by atoms with Gasteiger partial charge in [0.1, 0.15) is 11.5 Å². The fourth-order valence-electron chi connectivity index (χ4n) is 2.01. The lowest BCUT2D eigenvalue weighted by atomic mass is 10.2. The zero-order valence-corrected chi connectivity index (χ0v) is 14.2. The van der Waals surface area contributed by atoms with Crippen LogP contribution in [0.25, 0.3) is 0 Å². The highest BCUT2D eigenvalue weighted by molar-refractivity contribution is 8.01. The Labute approximate surface area is 142 Å². The van der Waals surface area contributed by atoms with Crippen molar-refractivity contribution in [2.24, 2.45) is 0 Å². The highest BCUT2D eigenvalue weighted by Gasteiger charge is 2.09. The molecule has 1 aromatic carbocycles. The molecule has 0 aliphatic carbocycles. The van der Waals surface area contributed by atoms with Crippen molar-refractivity contribution in [1.82, 2.24) is 4.98 Å². The van der Waals surface area contributed by atoms with Crippen LogP contribution in [0.3, 0.4) is 0 Å². The third-order valence-corrected chi connectivity index (χ3v) is 5.11. The number of aryl methyl sites for hydroxylation is 2. The fraction of sp³-hybridized carbons (Fsp3) is 0.176. The topological polar surface area (TPSA) is 55.1 Å². The minimum absolute atomic E-state index is 0.0512. The Morgan fingerprint density at radius 2 is 2.09 bits per heavy atom. The summed E-state index contributed by atoms with van der Waals surface area (Å²) in [5.74, 6) is 1.64. The number of hydrogen-bond acceptors (Lipinski definition) is 5. The first kappa shape index (κ1) is 15.8. The van der Waals surface area contributed by atoms with Crippen molar-refractivity contribution in [3.05, 3.63) is 60.2 Å². The van der Waals surface area contributed by atoms with Crippen molar-refractivity contribution >= 4 is 34.1 Å². The molecule has 118 valence electrons. The van der Waals surface area contributed by atoms with Gasteiger partial charge in [0.05, 0.1) is 10.4 Å². The molecule has 0 spiro atoms. The molecule has 0 radical (unpaired) electrons. The summed E-state index contributed by atoms with van der Waals surface area (Å²) in [5, 5.41) is 3.47. The number of thiazole rings is 1. The molecule has 1 amide bonds. The molecule has 1 N–H and O–H groups in total. The van der Waals surface area contributed by atoms with Crippen LogP contribution in [0.4, 0.5) is 5.13 Å². The Morgan fingerprint density at radius 1 is 1.26 bits per heavy atom. The molecular formula is C17H16N2O2S2. The lowest BCUT2D eigenvalue weighted by Crippen LogP contribution is -2.11. The Balaban J connectivity index is 1.51. The van der Waals surface area contributed by atoms with E-state index in [0.717, 1.165) is 20.6 Å². The fourth-order valence-corrected chi connectivity index (χ4v) is 3.90. The second-order valence-electron chi connectivity index (χ2n) is 4.96. The predicted molar refractivity (Wildman–Crippen MR) is 93.1 cm³/mol. The van der Waals surface area contributed by atoms with Crippen LogP contribution in [0.15, 0.2) is 62.2 Å². The number of aromatic nitrogens is 1. The van der Waals surface area contributed by atoms with Crippen LogP contribution in [-0.4, -0.2) is 10.9 Å². The van der Waals surface area contributed by atoms with Crippen molar-refractivity contribution in [2.45, 2.75) is 28.9 Å². The lowest BCUT2D eigenvalue weighted by molar-refractivity contribution is -0.116. The van der Waals surface area contributed by atoms with Crippen LogP contribution >= 0.6 is 23.1 Å². The van der Waals surface area contributed by atoms with Gasteiger partial charge in [0, 0.05) is 17.7 Å². The van der Waals surface area contributed by atoms with Gasteiger partial charge in [0.2, 0.25) is 5.91 Å². The Kier molecular flexibility index (Phi) is 5.15. The number of nitrogens with zero attached hydrogens (tertiary/aromatic N) is 1. The van der Waals surface area contributed by atoms with E-state index in [2.05, 4.69) is 10.3 Å². The van der Waals surface area contributed by atoms with Crippen molar-refractivity contribution in [1.29, 1.82) is 0 Å². The van der Waals surface area contributed by atoms with Crippen molar-refractivity contribution < 1.29 is 9.21 Å². The van der Waals surface area contributed by atoms with E-state index in [-0.39, 0.29) is 5.91 Å². The molecule has 0 saturated carbocycles. The molecule has 3 aromatic rings. The van der Waals surface area contributed by atoms with Crippen LogP contribution in [0.5, 0.6) is 0 Å². The summed E-state index contributed by atoms with van der Waals surface area (Å²) in [5.41, 5.74) is 0. The van der Waals surface area contributed by atoms with Gasteiger partial charge < -0.3 is 9.73 Å². The van der Waals surface area contributed by atoms with E-state index in [9.17, 15) is 4.79 Å². The quantitative estimate of drug-likeness (QED) is 0.700. The number of furan rings is 1. The summed E-state index contributed by atoms with van der Waals surface area (Å²) in [6.45, 7) is 1.89. The normalized spacial score (nSPS) is 10.7. The summed E-state index contributed by atoms with van der Waals surface area (Å²) in [6, 6.07) is 13.9. The first-order valence-electron chi connectivity index (χ1n) is 7.23. The molecular weight excluding hydrogens is 328 g/mol. The van der Waals surface area contributed by atoms with E-state index >= 15 is 0 Å². The number of carbonyl (C=O) groups excluding carboxylic acids is 1. The second-order valence-corrected chi connectivity index (χ2v) is 7.36. The zero-order chi connectivity index (χ0) is 16.1. The van der Waals surface area contributed by atoms with Gasteiger partial charge in [0.15, 0.2) is 5.13 Å². The number of rotatable bonds is 6. The van der Waals surface area contributed by atoms with Gasteiger partial charge in [-0.3, -0.25) is 4.79 Å². The maximum atomic E-state index is 12.0. The molecule has 0 aliphatic heterocycles. The largest absolute Gasteiger partial charge is 0.466 e. The van der Waals surface area contributed by atoms with Gasteiger partial charge in [-0.2, -0.15) is 0 Å². The lowest BCUT2D eigenvalue weighted by Gasteiger charge is -2.00. The zero-order valence-electron chi connectivity index (χ0n) is 12.6. The molecule has 4 nitrogen and oxygen atoms in total. The summed E-state index contributed by atoms with van der Waals surface area (Å²) < 4.78 is 6.51. The summed E-state index contributed by atoms with van der Waals surface area (Å²) in [4.78, 5) is 17.4. The molecule has 0 saturated heterocycles. The van der Waals surface area contributed by atoms with Crippen LogP contribution < -0.4 is 5.32 Å². The molecule has 0 unspecified atom stereocenters. The molecule has 0 fully saturated rings. The van der Waals surface area contributed by atoms with E-state index in [1.165, 1.54) is 11.3 Å². The molecule has 0 aliphatic rings. The van der Waals surface area contributed by atoms with E-state index in [4.69, 9.17) is 4.42 Å². The maximum absolute atomic E-state index is 12.0.